The van der Waals surface area contributed by atoms with E-state index in [-0.39, 0.29) is 11.1 Å². The minimum atomic E-state index is -0.904. The van der Waals surface area contributed by atoms with Gasteiger partial charge in [0.2, 0.25) is 5.91 Å². The number of carbonyl (C=O) groups excluding carboxylic acids is 2. The fourth-order valence-electron chi connectivity index (χ4n) is 2.42. The van der Waals surface area contributed by atoms with Crippen molar-refractivity contribution in [3.8, 4) is 11.3 Å². The highest BCUT2D eigenvalue weighted by molar-refractivity contribution is 6.02. The van der Waals surface area contributed by atoms with Crippen molar-refractivity contribution >= 4 is 22.7 Å². The number of nitrogens with one attached hydrogen (secondary N) is 2. The van der Waals surface area contributed by atoms with Crippen LogP contribution in [0.3, 0.4) is 0 Å². The van der Waals surface area contributed by atoms with Gasteiger partial charge in [0.15, 0.2) is 0 Å². The second kappa shape index (κ2) is 6.31. The molecule has 8 heteroatoms. The Hall–Kier alpha value is -3.29. The second-order valence-electron chi connectivity index (χ2n) is 5.56. The third kappa shape index (κ3) is 3.18. The summed E-state index contributed by atoms with van der Waals surface area (Å²) in [6.07, 6.45) is 0. The summed E-state index contributed by atoms with van der Waals surface area (Å²) in [5.74, 6) is -2.51. The molecular formula is C17H14F2N4O2. The molecule has 1 atom stereocenters. The van der Waals surface area contributed by atoms with Gasteiger partial charge >= 0.3 is 0 Å². The van der Waals surface area contributed by atoms with Gasteiger partial charge in [-0.25, -0.2) is 8.78 Å². The topological polar surface area (TPSA) is 101 Å². The van der Waals surface area contributed by atoms with Gasteiger partial charge in [0.25, 0.3) is 5.91 Å². The summed E-state index contributed by atoms with van der Waals surface area (Å²) in [5, 5.41) is 9.26. The quantitative estimate of drug-likeness (QED) is 0.676. The fourth-order valence-corrected chi connectivity index (χ4v) is 2.42. The Bertz CT molecular complexity index is 984. The summed E-state index contributed by atoms with van der Waals surface area (Å²) in [5.41, 5.74) is 5.95. The number of benzene rings is 2. The number of primary amides is 1. The van der Waals surface area contributed by atoms with Crippen LogP contribution in [0, 0.1) is 11.6 Å². The van der Waals surface area contributed by atoms with Gasteiger partial charge in [-0.2, -0.15) is 5.10 Å². The van der Waals surface area contributed by atoms with E-state index in [9.17, 15) is 18.4 Å². The molecular weight excluding hydrogens is 330 g/mol. The van der Waals surface area contributed by atoms with Crippen LogP contribution in [-0.2, 0) is 4.79 Å². The molecule has 0 aliphatic carbocycles. The largest absolute Gasteiger partial charge is 0.368 e. The van der Waals surface area contributed by atoms with E-state index in [1.54, 1.807) is 6.07 Å². The molecule has 1 heterocycles. The van der Waals surface area contributed by atoms with Crippen molar-refractivity contribution in [2.24, 2.45) is 5.73 Å². The molecule has 0 fully saturated rings. The second-order valence-corrected chi connectivity index (χ2v) is 5.56. The Morgan fingerprint density at radius 1 is 1.24 bits per heavy atom. The molecule has 0 bridgehead atoms. The summed E-state index contributed by atoms with van der Waals surface area (Å²) in [7, 11) is 0. The summed E-state index contributed by atoms with van der Waals surface area (Å²) in [6.45, 7) is 1.42. The van der Waals surface area contributed by atoms with Gasteiger partial charge in [-0.05, 0) is 31.2 Å². The van der Waals surface area contributed by atoms with Crippen molar-refractivity contribution in [3.63, 3.8) is 0 Å². The van der Waals surface area contributed by atoms with Crippen molar-refractivity contribution in [2.45, 2.75) is 13.0 Å². The number of amides is 2. The van der Waals surface area contributed by atoms with Crippen LogP contribution in [0.15, 0.2) is 36.4 Å². The first-order chi connectivity index (χ1) is 11.9. The lowest BCUT2D eigenvalue weighted by molar-refractivity contribution is -0.119. The zero-order valence-corrected chi connectivity index (χ0v) is 13.1. The third-order valence-electron chi connectivity index (χ3n) is 3.76. The van der Waals surface area contributed by atoms with E-state index in [2.05, 4.69) is 15.5 Å². The number of nitrogens with zero attached hydrogens (tertiary/aromatic N) is 1. The van der Waals surface area contributed by atoms with Crippen molar-refractivity contribution in [2.75, 3.05) is 0 Å². The molecule has 25 heavy (non-hydrogen) atoms. The molecule has 2 aromatic carbocycles. The van der Waals surface area contributed by atoms with Crippen molar-refractivity contribution < 1.29 is 18.4 Å². The van der Waals surface area contributed by atoms with Gasteiger partial charge < -0.3 is 11.1 Å². The first-order valence-electron chi connectivity index (χ1n) is 7.40. The molecule has 0 radical (unpaired) electrons. The molecule has 0 unspecified atom stereocenters. The monoisotopic (exact) mass is 344 g/mol. The van der Waals surface area contributed by atoms with E-state index >= 15 is 0 Å². The van der Waals surface area contributed by atoms with Crippen LogP contribution in [-0.4, -0.2) is 28.1 Å². The standard InChI is InChI=1S/C17H14F2N4O2/c1-8(16(20)24)21-17(25)10-6-12-14(9-3-2-4-11(18)5-9)22-23-15(12)13(19)7-10/h2-8H,1H3,(H2,20,24)(H,21,25)(H,22,23)/t8-/m0/s1. The normalized spacial score (nSPS) is 12.1. The van der Waals surface area contributed by atoms with Gasteiger partial charge in [-0.15, -0.1) is 0 Å². The molecule has 2 amide bonds. The van der Waals surface area contributed by atoms with Crippen LogP contribution < -0.4 is 11.1 Å². The smallest absolute Gasteiger partial charge is 0.252 e. The predicted molar refractivity (Wildman–Crippen MR) is 87.6 cm³/mol. The number of carbonyl (C=O) groups is 2. The molecule has 128 valence electrons. The number of hydrogen-bond donors (Lipinski definition) is 3. The third-order valence-corrected chi connectivity index (χ3v) is 3.76. The first kappa shape index (κ1) is 16.6. The Kier molecular flexibility index (Phi) is 4.18. The highest BCUT2D eigenvalue weighted by Crippen LogP contribution is 2.29. The maximum atomic E-state index is 14.3. The number of H-pyrrole nitrogens is 1. The molecule has 0 saturated carbocycles. The molecule has 0 saturated heterocycles. The number of rotatable bonds is 4. The van der Waals surface area contributed by atoms with E-state index in [1.807, 2.05) is 0 Å². The zero-order chi connectivity index (χ0) is 18.1. The number of aromatic nitrogens is 2. The zero-order valence-electron chi connectivity index (χ0n) is 13.1. The van der Waals surface area contributed by atoms with Crippen molar-refractivity contribution in [1.29, 1.82) is 0 Å². The number of halogens is 2. The summed E-state index contributed by atoms with van der Waals surface area (Å²) in [4.78, 5) is 23.3. The maximum absolute atomic E-state index is 14.3. The summed E-state index contributed by atoms with van der Waals surface area (Å²) < 4.78 is 27.7. The maximum Gasteiger partial charge on any atom is 0.252 e. The molecule has 0 spiro atoms. The number of nitrogens with two attached hydrogens (primary N) is 1. The first-order valence-corrected chi connectivity index (χ1v) is 7.40. The molecule has 3 aromatic rings. The highest BCUT2D eigenvalue weighted by atomic mass is 19.1. The molecule has 1 aromatic heterocycles. The lowest BCUT2D eigenvalue weighted by Gasteiger charge is -2.10. The highest BCUT2D eigenvalue weighted by Gasteiger charge is 2.18. The van der Waals surface area contributed by atoms with Crippen LogP contribution in [0.5, 0.6) is 0 Å². The molecule has 0 aliphatic heterocycles. The van der Waals surface area contributed by atoms with E-state index in [0.717, 1.165) is 6.07 Å². The average Bonchev–Trinajstić information content (AvgIpc) is 2.99. The van der Waals surface area contributed by atoms with Gasteiger partial charge in [0.1, 0.15) is 28.9 Å². The van der Waals surface area contributed by atoms with Crippen LogP contribution >= 0.6 is 0 Å². The van der Waals surface area contributed by atoms with Crippen LogP contribution in [0.25, 0.3) is 22.2 Å². The number of aromatic amines is 1. The summed E-state index contributed by atoms with van der Waals surface area (Å²) >= 11 is 0. The average molecular weight is 344 g/mol. The fraction of sp³-hybridized carbons (Fsp3) is 0.118. The van der Waals surface area contributed by atoms with Gasteiger partial charge in [0, 0.05) is 16.5 Å². The van der Waals surface area contributed by atoms with Gasteiger partial charge in [-0.1, -0.05) is 12.1 Å². The van der Waals surface area contributed by atoms with Gasteiger partial charge in [-0.3, -0.25) is 14.7 Å². The predicted octanol–water partition coefficient (Wildman–Crippen LogP) is 2.11. The number of hydrogen-bond acceptors (Lipinski definition) is 3. The van der Waals surface area contributed by atoms with Crippen LogP contribution in [0.2, 0.25) is 0 Å². The Balaban J connectivity index is 2.07. The number of fused-ring (bicyclic) bond motifs is 1. The minimum absolute atomic E-state index is 0.00264. The van der Waals surface area contributed by atoms with E-state index in [4.69, 9.17) is 5.73 Å². The summed E-state index contributed by atoms with van der Waals surface area (Å²) in [6, 6.07) is 7.21. The molecule has 4 N–H and O–H groups in total. The Labute approximate surface area is 141 Å². The minimum Gasteiger partial charge on any atom is -0.368 e. The lowest BCUT2D eigenvalue weighted by atomic mass is 10.0. The van der Waals surface area contributed by atoms with Crippen molar-refractivity contribution in [3.05, 3.63) is 53.6 Å². The van der Waals surface area contributed by atoms with Crippen molar-refractivity contribution in [1.82, 2.24) is 15.5 Å². The Morgan fingerprint density at radius 2 is 2.00 bits per heavy atom. The Morgan fingerprint density at radius 3 is 2.68 bits per heavy atom. The molecule has 3 rings (SSSR count). The SMILES string of the molecule is C[C@H](NC(=O)c1cc(F)c2[nH]nc(-c3cccc(F)c3)c2c1)C(N)=O. The van der Waals surface area contributed by atoms with Crippen LogP contribution in [0.4, 0.5) is 8.78 Å². The molecule has 6 nitrogen and oxygen atoms in total. The molecule has 0 aliphatic rings. The van der Waals surface area contributed by atoms with Gasteiger partial charge in [0.05, 0.1) is 0 Å². The van der Waals surface area contributed by atoms with E-state index < -0.39 is 29.5 Å². The van der Waals surface area contributed by atoms with E-state index in [1.165, 1.54) is 31.2 Å². The lowest BCUT2D eigenvalue weighted by Crippen LogP contribution is -2.42. The van der Waals surface area contributed by atoms with Crippen LogP contribution in [0.1, 0.15) is 17.3 Å². The van der Waals surface area contributed by atoms with E-state index in [0.29, 0.717) is 16.6 Å².